The summed E-state index contributed by atoms with van der Waals surface area (Å²) in [6.07, 6.45) is 5.31. The Labute approximate surface area is 207 Å². The zero-order valence-electron chi connectivity index (χ0n) is 18.6. The van der Waals surface area contributed by atoms with Crippen LogP contribution in [0.1, 0.15) is 12.5 Å². The topological polar surface area (TPSA) is 69.6 Å². The number of halogens is 1. The van der Waals surface area contributed by atoms with E-state index in [9.17, 15) is 5.11 Å². The molecule has 1 fully saturated rings. The Morgan fingerprint density at radius 3 is 2.56 bits per heavy atom. The van der Waals surface area contributed by atoms with Crippen LogP contribution in [-0.4, -0.2) is 62.4 Å². The number of hydrogen-bond acceptors (Lipinski definition) is 5. The molecule has 8 heteroatoms. The maximum Gasteiger partial charge on any atom is 0.194 e. The van der Waals surface area contributed by atoms with Crippen molar-refractivity contribution in [3.63, 3.8) is 0 Å². The predicted molar refractivity (Wildman–Crippen MR) is 139 cm³/mol. The quantitative estimate of drug-likeness (QED) is 0.239. The Morgan fingerprint density at radius 2 is 1.91 bits per heavy atom. The van der Waals surface area contributed by atoms with Gasteiger partial charge in [-0.05, 0) is 36.8 Å². The predicted octanol–water partition coefficient (Wildman–Crippen LogP) is 3.32. The summed E-state index contributed by atoms with van der Waals surface area (Å²) >= 11 is 0. The zero-order chi connectivity index (χ0) is 22.1. The van der Waals surface area contributed by atoms with E-state index in [0.717, 1.165) is 49.9 Å². The first-order chi connectivity index (χ1) is 15.2. The van der Waals surface area contributed by atoms with Crippen LogP contribution >= 0.6 is 24.0 Å². The maximum absolute atomic E-state index is 10.1. The van der Waals surface area contributed by atoms with Crippen LogP contribution in [0.15, 0.2) is 47.5 Å². The Kier molecular flexibility index (Phi) is 10.3. The molecule has 0 amide bonds. The molecule has 2 aromatic rings. The van der Waals surface area contributed by atoms with Gasteiger partial charge in [0.25, 0.3) is 0 Å². The number of piperazine rings is 1. The summed E-state index contributed by atoms with van der Waals surface area (Å²) < 4.78 is 10.9. The van der Waals surface area contributed by atoms with Crippen molar-refractivity contribution in [3.8, 4) is 29.6 Å². The van der Waals surface area contributed by atoms with Crippen LogP contribution in [0.5, 0.6) is 17.2 Å². The van der Waals surface area contributed by atoms with Gasteiger partial charge in [-0.3, -0.25) is 0 Å². The number of anilines is 1. The van der Waals surface area contributed by atoms with Crippen LogP contribution < -0.4 is 19.7 Å². The summed E-state index contributed by atoms with van der Waals surface area (Å²) in [4.78, 5) is 9.28. The van der Waals surface area contributed by atoms with E-state index in [0.29, 0.717) is 23.8 Å². The van der Waals surface area contributed by atoms with Crippen LogP contribution in [0.4, 0.5) is 5.69 Å². The number of nitrogens with one attached hydrogen (secondary N) is 1. The number of benzene rings is 2. The van der Waals surface area contributed by atoms with Gasteiger partial charge in [0.15, 0.2) is 17.5 Å². The number of ether oxygens (including phenoxy) is 2. The number of phenols is 1. The van der Waals surface area contributed by atoms with E-state index in [1.54, 1.807) is 13.2 Å². The molecule has 2 N–H and O–H groups in total. The molecule has 0 aliphatic carbocycles. The largest absolute Gasteiger partial charge is 0.506 e. The SMILES string of the molecule is C#CCOc1cc(CN=C(NCC)N2CCN(c3ccccc3O)CC2)ccc1OC.I. The molecule has 0 bridgehead atoms. The number of rotatable bonds is 7. The van der Waals surface area contributed by atoms with Gasteiger partial charge in [-0.25, -0.2) is 4.99 Å². The molecular formula is C24H31IN4O3. The molecule has 1 aliphatic rings. The molecule has 2 aromatic carbocycles. The molecule has 32 heavy (non-hydrogen) atoms. The van der Waals surface area contributed by atoms with Crippen molar-refractivity contribution in [1.82, 2.24) is 10.2 Å². The number of guanidine groups is 1. The van der Waals surface area contributed by atoms with Gasteiger partial charge in [0.05, 0.1) is 19.3 Å². The number of aromatic hydroxyl groups is 1. The van der Waals surface area contributed by atoms with Crippen molar-refractivity contribution in [2.75, 3.05) is 51.3 Å². The van der Waals surface area contributed by atoms with Gasteiger partial charge in [0.2, 0.25) is 0 Å². The molecule has 0 saturated carbocycles. The Morgan fingerprint density at radius 1 is 1.16 bits per heavy atom. The van der Waals surface area contributed by atoms with Gasteiger partial charge >= 0.3 is 0 Å². The Bertz CT molecular complexity index is 937. The van der Waals surface area contributed by atoms with Crippen molar-refractivity contribution in [1.29, 1.82) is 0 Å². The fraction of sp³-hybridized carbons (Fsp3) is 0.375. The number of methoxy groups -OCH3 is 1. The molecule has 0 atom stereocenters. The van der Waals surface area contributed by atoms with E-state index in [4.69, 9.17) is 20.9 Å². The lowest BCUT2D eigenvalue weighted by Gasteiger charge is -2.37. The number of terminal acetylenes is 1. The summed E-state index contributed by atoms with van der Waals surface area (Å²) in [5.74, 6) is 4.94. The fourth-order valence-electron chi connectivity index (χ4n) is 3.53. The lowest BCUT2D eigenvalue weighted by molar-refractivity contribution is 0.330. The molecule has 0 aromatic heterocycles. The highest BCUT2D eigenvalue weighted by Crippen LogP contribution is 2.29. The molecule has 172 valence electrons. The first kappa shape index (κ1) is 25.5. The summed E-state index contributed by atoms with van der Waals surface area (Å²) in [7, 11) is 1.61. The maximum atomic E-state index is 10.1. The van der Waals surface area contributed by atoms with Crippen molar-refractivity contribution in [3.05, 3.63) is 48.0 Å². The van der Waals surface area contributed by atoms with Gasteiger partial charge in [0, 0.05) is 32.7 Å². The average molecular weight is 550 g/mol. The molecule has 7 nitrogen and oxygen atoms in total. The second kappa shape index (κ2) is 12.9. The summed E-state index contributed by atoms with van der Waals surface area (Å²) in [6.45, 7) is 6.82. The van der Waals surface area contributed by atoms with Crippen LogP contribution in [0.3, 0.4) is 0 Å². The minimum absolute atomic E-state index is 0. The highest BCUT2D eigenvalue weighted by molar-refractivity contribution is 14.0. The Hall–Kier alpha value is -2.80. The first-order valence-electron chi connectivity index (χ1n) is 10.5. The summed E-state index contributed by atoms with van der Waals surface area (Å²) in [6, 6.07) is 13.2. The van der Waals surface area contributed by atoms with Crippen LogP contribution in [0, 0.1) is 12.3 Å². The van der Waals surface area contributed by atoms with Crippen molar-refractivity contribution in [2.45, 2.75) is 13.5 Å². The monoisotopic (exact) mass is 550 g/mol. The van der Waals surface area contributed by atoms with Crippen molar-refractivity contribution in [2.24, 2.45) is 4.99 Å². The van der Waals surface area contributed by atoms with Crippen molar-refractivity contribution >= 4 is 35.6 Å². The summed E-state index contributed by atoms with van der Waals surface area (Å²) in [5.41, 5.74) is 1.89. The lowest BCUT2D eigenvalue weighted by Crippen LogP contribution is -2.52. The van der Waals surface area contributed by atoms with Gasteiger partial charge in [-0.1, -0.05) is 24.1 Å². The highest BCUT2D eigenvalue weighted by Gasteiger charge is 2.21. The second-order valence-electron chi connectivity index (χ2n) is 7.11. The molecule has 3 rings (SSSR count). The standard InChI is InChI=1S/C24H30N4O3.HI/c1-4-16-31-23-17-19(10-11-22(23)30-3)18-26-24(25-5-2)28-14-12-27(13-15-28)20-8-6-7-9-21(20)29;/h1,6-11,17,29H,5,12-16,18H2,2-3H3,(H,25,26);1H. The number of para-hydroxylation sites is 2. The molecule has 1 aliphatic heterocycles. The van der Waals surface area contributed by atoms with E-state index < -0.39 is 0 Å². The lowest BCUT2D eigenvalue weighted by atomic mass is 10.2. The third kappa shape index (κ3) is 6.60. The normalized spacial score (nSPS) is 13.7. The van der Waals surface area contributed by atoms with Gasteiger partial charge in [-0.15, -0.1) is 30.4 Å². The fourth-order valence-corrected chi connectivity index (χ4v) is 3.53. The minimum Gasteiger partial charge on any atom is -0.506 e. The molecule has 0 radical (unpaired) electrons. The van der Waals surface area contributed by atoms with Crippen molar-refractivity contribution < 1.29 is 14.6 Å². The highest BCUT2D eigenvalue weighted by atomic mass is 127. The zero-order valence-corrected chi connectivity index (χ0v) is 20.9. The Balaban J connectivity index is 0.00000363. The molecular weight excluding hydrogens is 519 g/mol. The smallest absolute Gasteiger partial charge is 0.194 e. The van der Waals surface area contributed by atoms with Crippen LogP contribution in [0.2, 0.25) is 0 Å². The molecule has 0 unspecified atom stereocenters. The van der Waals surface area contributed by atoms with E-state index >= 15 is 0 Å². The van der Waals surface area contributed by atoms with E-state index in [2.05, 4.69) is 28.0 Å². The number of nitrogens with zero attached hydrogens (tertiary/aromatic N) is 3. The van der Waals surface area contributed by atoms with Crippen LogP contribution in [-0.2, 0) is 6.54 Å². The minimum atomic E-state index is 0. The number of aliphatic imine (C=N–C) groups is 1. The summed E-state index contributed by atoms with van der Waals surface area (Å²) in [5, 5.41) is 13.5. The van der Waals surface area contributed by atoms with Gasteiger partial charge < -0.3 is 29.7 Å². The average Bonchev–Trinajstić information content (AvgIpc) is 2.81. The van der Waals surface area contributed by atoms with E-state index in [1.807, 2.05) is 36.4 Å². The molecule has 1 heterocycles. The first-order valence-corrected chi connectivity index (χ1v) is 10.5. The second-order valence-corrected chi connectivity index (χ2v) is 7.11. The van der Waals surface area contributed by atoms with E-state index in [1.165, 1.54) is 0 Å². The third-order valence-corrected chi connectivity index (χ3v) is 5.09. The third-order valence-electron chi connectivity index (χ3n) is 5.09. The molecule has 1 saturated heterocycles. The van der Waals surface area contributed by atoms with Crippen LogP contribution in [0.25, 0.3) is 0 Å². The van der Waals surface area contributed by atoms with E-state index in [-0.39, 0.29) is 30.6 Å². The molecule has 0 spiro atoms. The van der Waals surface area contributed by atoms with Gasteiger partial charge in [-0.2, -0.15) is 0 Å². The van der Waals surface area contributed by atoms with Gasteiger partial charge in [0.1, 0.15) is 12.4 Å². The number of phenolic OH excluding ortho intramolecular Hbond substituents is 1. The number of hydrogen-bond donors (Lipinski definition) is 2.